The molecule has 3 nitrogen and oxygen atoms in total. The average Bonchev–Trinajstić information content (AvgIpc) is 1.98. The SMILES string of the molecule is CCCc1cc(C)c(N)nn1. The van der Waals surface area contributed by atoms with E-state index in [0.29, 0.717) is 5.82 Å². The first-order valence-corrected chi connectivity index (χ1v) is 3.82. The lowest BCUT2D eigenvalue weighted by Gasteiger charge is -1.99. The lowest BCUT2D eigenvalue weighted by Crippen LogP contribution is -2.00. The van der Waals surface area contributed by atoms with E-state index in [9.17, 15) is 0 Å². The Bertz CT molecular complexity index is 245. The second-order valence-corrected chi connectivity index (χ2v) is 2.65. The van der Waals surface area contributed by atoms with Crippen molar-refractivity contribution in [1.82, 2.24) is 10.2 Å². The van der Waals surface area contributed by atoms with E-state index in [1.807, 2.05) is 13.0 Å². The molecule has 0 aliphatic carbocycles. The third-order valence-corrected chi connectivity index (χ3v) is 1.58. The summed E-state index contributed by atoms with van der Waals surface area (Å²) in [6.45, 7) is 4.07. The molecule has 0 aromatic carbocycles. The Kier molecular flexibility index (Phi) is 2.41. The maximum absolute atomic E-state index is 5.51. The summed E-state index contributed by atoms with van der Waals surface area (Å²) in [5, 5.41) is 7.78. The molecular weight excluding hydrogens is 138 g/mol. The van der Waals surface area contributed by atoms with E-state index in [-0.39, 0.29) is 0 Å². The van der Waals surface area contributed by atoms with E-state index >= 15 is 0 Å². The number of aromatic nitrogens is 2. The predicted molar refractivity (Wildman–Crippen MR) is 45.2 cm³/mol. The van der Waals surface area contributed by atoms with Gasteiger partial charge in [-0.3, -0.25) is 0 Å². The highest BCUT2D eigenvalue weighted by Crippen LogP contribution is 2.07. The molecule has 3 heteroatoms. The molecule has 0 unspecified atom stereocenters. The van der Waals surface area contributed by atoms with Gasteiger partial charge >= 0.3 is 0 Å². The van der Waals surface area contributed by atoms with Crippen molar-refractivity contribution in [2.24, 2.45) is 0 Å². The van der Waals surface area contributed by atoms with Gasteiger partial charge in [0.25, 0.3) is 0 Å². The molecule has 0 radical (unpaired) electrons. The summed E-state index contributed by atoms with van der Waals surface area (Å²) < 4.78 is 0. The van der Waals surface area contributed by atoms with Gasteiger partial charge in [0.15, 0.2) is 0 Å². The summed E-state index contributed by atoms with van der Waals surface area (Å²) in [5.41, 5.74) is 7.56. The summed E-state index contributed by atoms with van der Waals surface area (Å²) in [6.07, 6.45) is 2.08. The Morgan fingerprint density at radius 3 is 2.73 bits per heavy atom. The zero-order valence-corrected chi connectivity index (χ0v) is 6.96. The number of nitrogen functional groups attached to an aromatic ring is 1. The van der Waals surface area contributed by atoms with Crippen LogP contribution in [0.4, 0.5) is 5.82 Å². The highest BCUT2D eigenvalue weighted by Gasteiger charge is 1.97. The number of hydrogen-bond acceptors (Lipinski definition) is 3. The fourth-order valence-electron chi connectivity index (χ4n) is 0.928. The van der Waals surface area contributed by atoms with Gasteiger partial charge in [0, 0.05) is 0 Å². The molecule has 1 heterocycles. The number of nitrogens with zero attached hydrogens (tertiary/aromatic N) is 2. The standard InChI is InChI=1S/C8H13N3/c1-3-4-7-5-6(2)8(9)11-10-7/h5H,3-4H2,1-2H3,(H2,9,11). The first-order chi connectivity index (χ1) is 5.24. The first kappa shape index (κ1) is 7.98. The third-order valence-electron chi connectivity index (χ3n) is 1.58. The van der Waals surface area contributed by atoms with Crippen molar-refractivity contribution in [3.8, 4) is 0 Å². The molecule has 0 fully saturated rings. The molecule has 0 bridgehead atoms. The van der Waals surface area contributed by atoms with Crippen LogP contribution < -0.4 is 5.73 Å². The molecule has 0 amide bonds. The van der Waals surface area contributed by atoms with Gasteiger partial charge < -0.3 is 5.73 Å². The molecular formula is C8H13N3. The molecule has 0 aliphatic heterocycles. The monoisotopic (exact) mass is 151 g/mol. The number of hydrogen-bond donors (Lipinski definition) is 1. The summed E-state index contributed by atoms with van der Waals surface area (Å²) in [5.74, 6) is 0.532. The highest BCUT2D eigenvalue weighted by molar-refractivity contribution is 5.36. The van der Waals surface area contributed by atoms with E-state index in [1.165, 1.54) is 0 Å². The average molecular weight is 151 g/mol. The molecule has 2 N–H and O–H groups in total. The van der Waals surface area contributed by atoms with Gasteiger partial charge in [-0.15, -0.1) is 5.10 Å². The maximum atomic E-state index is 5.51. The minimum Gasteiger partial charge on any atom is -0.382 e. The molecule has 1 aromatic rings. The normalized spacial score (nSPS) is 10.0. The van der Waals surface area contributed by atoms with Crippen LogP contribution in [0.2, 0.25) is 0 Å². The molecule has 1 aromatic heterocycles. The number of nitrogens with two attached hydrogens (primary N) is 1. The van der Waals surface area contributed by atoms with E-state index in [2.05, 4.69) is 17.1 Å². The van der Waals surface area contributed by atoms with Crippen molar-refractivity contribution < 1.29 is 0 Å². The second-order valence-electron chi connectivity index (χ2n) is 2.65. The Morgan fingerprint density at radius 2 is 2.18 bits per heavy atom. The van der Waals surface area contributed by atoms with Gasteiger partial charge in [-0.1, -0.05) is 13.3 Å². The van der Waals surface area contributed by atoms with Gasteiger partial charge in [0.2, 0.25) is 0 Å². The Balaban J connectivity index is 2.86. The van der Waals surface area contributed by atoms with Crippen LogP contribution in [0.25, 0.3) is 0 Å². The minimum atomic E-state index is 0.532. The van der Waals surface area contributed by atoms with Crippen LogP contribution in [0.1, 0.15) is 24.6 Å². The van der Waals surface area contributed by atoms with Crippen molar-refractivity contribution in [2.45, 2.75) is 26.7 Å². The topological polar surface area (TPSA) is 51.8 Å². The quantitative estimate of drug-likeness (QED) is 0.693. The first-order valence-electron chi connectivity index (χ1n) is 3.82. The van der Waals surface area contributed by atoms with Crippen molar-refractivity contribution in [3.05, 3.63) is 17.3 Å². The van der Waals surface area contributed by atoms with Crippen LogP contribution in [0.3, 0.4) is 0 Å². The largest absolute Gasteiger partial charge is 0.382 e. The van der Waals surface area contributed by atoms with Gasteiger partial charge in [-0.05, 0) is 25.0 Å². The smallest absolute Gasteiger partial charge is 0.149 e. The summed E-state index contributed by atoms with van der Waals surface area (Å²) in [7, 11) is 0. The fourth-order valence-corrected chi connectivity index (χ4v) is 0.928. The van der Waals surface area contributed by atoms with Gasteiger partial charge in [-0.2, -0.15) is 5.10 Å². The highest BCUT2D eigenvalue weighted by atomic mass is 15.1. The fraction of sp³-hybridized carbons (Fsp3) is 0.500. The van der Waals surface area contributed by atoms with E-state index in [0.717, 1.165) is 24.1 Å². The Hall–Kier alpha value is -1.12. The van der Waals surface area contributed by atoms with Crippen LogP contribution in [0.5, 0.6) is 0 Å². The zero-order chi connectivity index (χ0) is 8.27. The summed E-state index contributed by atoms with van der Waals surface area (Å²) in [4.78, 5) is 0. The molecule has 0 saturated carbocycles. The minimum absolute atomic E-state index is 0.532. The van der Waals surface area contributed by atoms with Gasteiger partial charge in [-0.25, -0.2) is 0 Å². The number of rotatable bonds is 2. The second kappa shape index (κ2) is 3.32. The summed E-state index contributed by atoms with van der Waals surface area (Å²) in [6, 6.07) is 1.99. The van der Waals surface area contributed by atoms with Gasteiger partial charge in [0.05, 0.1) is 5.69 Å². The number of aryl methyl sites for hydroxylation is 2. The third kappa shape index (κ3) is 1.90. The molecule has 0 spiro atoms. The van der Waals surface area contributed by atoms with Crippen LogP contribution in [0, 0.1) is 6.92 Å². The lowest BCUT2D eigenvalue weighted by atomic mass is 10.2. The summed E-state index contributed by atoms with van der Waals surface area (Å²) >= 11 is 0. The van der Waals surface area contributed by atoms with Crippen molar-refractivity contribution >= 4 is 5.82 Å². The van der Waals surface area contributed by atoms with E-state index in [1.54, 1.807) is 0 Å². The molecule has 0 aliphatic rings. The van der Waals surface area contributed by atoms with Crippen LogP contribution in [0.15, 0.2) is 6.07 Å². The van der Waals surface area contributed by atoms with E-state index < -0.39 is 0 Å². The molecule has 1 rings (SSSR count). The van der Waals surface area contributed by atoms with Crippen LogP contribution >= 0.6 is 0 Å². The van der Waals surface area contributed by atoms with E-state index in [4.69, 9.17) is 5.73 Å². The lowest BCUT2D eigenvalue weighted by molar-refractivity contribution is 0.837. The predicted octanol–water partition coefficient (Wildman–Crippen LogP) is 1.32. The van der Waals surface area contributed by atoms with Crippen molar-refractivity contribution in [3.63, 3.8) is 0 Å². The zero-order valence-electron chi connectivity index (χ0n) is 6.96. The van der Waals surface area contributed by atoms with Crippen LogP contribution in [-0.4, -0.2) is 10.2 Å². The Morgan fingerprint density at radius 1 is 1.45 bits per heavy atom. The molecule has 11 heavy (non-hydrogen) atoms. The number of anilines is 1. The molecule has 0 atom stereocenters. The van der Waals surface area contributed by atoms with Crippen molar-refractivity contribution in [1.29, 1.82) is 0 Å². The van der Waals surface area contributed by atoms with Crippen LogP contribution in [-0.2, 0) is 6.42 Å². The maximum Gasteiger partial charge on any atom is 0.149 e. The van der Waals surface area contributed by atoms with Crippen molar-refractivity contribution in [2.75, 3.05) is 5.73 Å². The molecule has 60 valence electrons. The van der Waals surface area contributed by atoms with Gasteiger partial charge in [0.1, 0.15) is 5.82 Å². The Labute approximate surface area is 66.6 Å². The molecule has 0 saturated heterocycles.